The first-order valence-corrected chi connectivity index (χ1v) is 6.89. The Kier molecular flexibility index (Phi) is 3.06. The van der Waals surface area contributed by atoms with E-state index in [4.69, 9.17) is 16.2 Å². The zero-order chi connectivity index (χ0) is 15.4. The number of nitrogens with zero attached hydrogens (tertiary/aromatic N) is 3. The molecule has 5 N–H and O–H groups in total. The maximum absolute atomic E-state index is 12.9. The smallest absolute Gasteiger partial charge is 0.281 e. The van der Waals surface area contributed by atoms with E-state index in [0.29, 0.717) is 25.8 Å². The van der Waals surface area contributed by atoms with Crippen LogP contribution in [0.15, 0.2) is 4.99 Å². The quantitative estimate of drug-likeness (QED) is 0.382. The Labute approximate surface area is 121 Å². The largest absolute Gasteiger partial charge is 0.387 e. The predicted molar refractivity (Wildman–Crippen MR) is 71.5 cm³/mol. The fourth-order valence-corrected chi connectivity index (χ4v) is 3.63. The summed E-state index contributed by atoms with van der Waals surface area (Å²) in [5.41, 5.74) is 9.13. The van der Waals surface area contributed by atoms with Crippen molar-refractivity contribution in [3.05, 3.63) is 0 Å². The van der Waals surface area contributed by atoms with Crippen molar-refractivity contribution < 1.29 is 19.4 Å². The number of methoxy groups -OCH3 is 1. The van der Waals surface area contributed by atoms with Crippen LogP contribution in [0.2, 0.25) is 0 Å². The van der Waals surface area contributed by atoms with Gasteiger partial charge in [-0.25, -0.2) is 4.99 Å². The molecule has 9 nitrogen and oxygen atoms in total. The average Bonchev–Trinajstić information content (AvgIpc) is 2.98. The molecule has 3 saturated heterocycles. The lowest BCUT2D eigenvalue weighted by Crippen LogP contribution is -2.72. The lowest BCUT2D eigenvalue weighted by molar-refractivity contribution is -0.213. The first-order valence-electron chi connectivity index (χ1n) is 6.89. The Morgan fingerprint density at radius 3 is 2.71 bits per heavy atom. The number of carbonyl (C=O) groups is 2. The van der Waals surface area contributed by atoms with Crippen LogP contribution in [-0.2, 0) is 14.3 Å². The highest BCUT2D eigenvalue weighted by Gasteiger charge is 2.65. The lowest BCUT2D eigenvalue weighted by atomic mass is 10.0. The van der Waals surface area contributed by atoms with Gasteiger partial charge in [0.05, 0.1) is 0 Å². The number of guanidine groups is 1. The highest BCUT2D eigenvalue weighted by atomic mass is 16.5. The van der Waals surface area contributed by atoms with Gasteiger partial charge in [-0.15, -0.1) is 0 Å². The van der Waals surface area contributed by atoms with Crippen LogP contribution >= 0.6 is 0 Å². The Morgan fingerprint density at radius 1 is 1.38 bits per heavy atom. The van der Waals surface area contributed by atoms with E-state index < -0.39 is 29.9 Å². The fourth-order valence-electron chi connectivity index (χ4n) is 3.63. The highest BCUT2D eigenvalue weighted by molar-refractivity contribution is 6.00. The van der Waals surface area contributed by atoms with E-state index in [2.05, 4.69) is 4.99 Å². The van der Waals surface area contributed by atoms with Gasteiger partial charge in [0.1, 0.15) is 18.3 Å². The fraction of sp³-hybridized carbons (Fsp3) is 0.750. The molecule has 4 unspecified atom stereocenters. The van der Waals surface area contributed by atoms with Crippen molar-refractivity contribution in [2.45, 2.75) is 43.3 Å². The maximum Gasteiger partial charge on any atom is 0.281 e. The average molecular weight is 297 g/mol. The Bertz CT molecular complexity index is 520. The van der Waals surface area contributed by atoms with Crippen LogP contribution in [0.1, 0.15) is 19.3 Å². The first-order chi connectivity index (χ1) is 9.93. The minimum absolute atomic E-state index is 0.137. The van der Waals surface area contributed by atoms with Crippen LogP contribution in [0, 0.1) is 0 Å². The minimum Gasteiger partial charge on any atom is -0.387 e. The molecule has 0 aliphatic carbocycles. The maximum atomic E-state index is 12.9. The van der Waals surface area contributed by atoms with Gasteiger partial charge in [0.15, 0.2) is 5.96 Å². The normalized spacial score (nSPS) is 38.5. The van der Waals surface area contributed by atoms with Crippen molar-refractivity contribution in [1.82, 2.24) is 9.80 Å². The molecule has 4 atom stereocenters. The van der Waals surface area contributed by atoms with E-state index in [9.17, 15) is 14.7 Å². The first kappa shape index (κ1) is 14.1. The zero-order valence-electron chi connectivity index (χ0n) is 11.7. The second-order valence-corrected chi connectivity index (χ2v) is 5.54. The summed E-state index contributed by atoms with van der Waals surface area (Å²) in [6.07, 6.45) is -0.333. The van der Waals surface area contributed by atoms with E-state index in [1.54, 1.807) is 0 Å². The molecule has 0 spiro atoms. The van der Waals surface area contributed by atoms with Crippen LogP contribution in [0.5, 0.6) is 0 Å². The molecule has 3 fully saturated rings. The zero-order valence-corrected chi connectivity index (χ0v) is 11.7. The second kappa shape index (κ2) is 4.57. The summed E-state index contributed by atoms with van der Waals surface area (Å²) in [6.45, 7) is 0.302. The lowest BCUT2D eigenvalue weighted by Gasteiger charge is -2.47. The van der Waals surface area contributed by atoms with Crippen molar-refractivity contribution in [2.75, 3.05) is 13.7 Å². The van der Waals surface area contributed by atoms with Gasteiger partial charge in [-0.1, -0.05) is 0 Å². The van der Waals surface area contributed by atoms with Crippen LogP contribution in [0.25, 0.3) is 0 Å². The van der Waals surface area contributed by atoms with Crippen LogP contribution in [0.3, 0.4) is 0 Å². The van der Waals surface area contributed by atoms with Crippen molar-refractivity contribution in [2.24, 2.45) is 16.5 Å². The molecule has 9 heteroatoms. The Balaban J connectivity index is 2.04. The summed E-state index contributed by atoms with van der Waals surface area (Å²) in [4.78, 5) is 32.2. The topological polar surface area (TPSA) is 134 Å². The number of rotatable bonds is 2. The number of carbonyl (C=O) groups excluding carboxylic acids is 2. The summed E-state index contributed by atoms with van der Waals surface area (Å²) < 4.78 is 5.31. The van der Waals surface area contributed by atoms with E-state index in [0.717, 1.165) is 0 Å². The van der Waals surface area contributed by atoms with Gasteiger partial charge in [-0.2, -0.15) is 0 Å². The van der Waals surface area contributed by atoms with Crippen molar-refractivity contribution in [3.8, 4) is 0 Å². The highest BCUT2D eigenvalue weighted by Crippen LogP contribution is 2.42. The number of piperazine rings is 1. The van der Waals surface area contributed by atoms with Gasteiger partial charge in [0, 0.05) is 13.7 Å². The van der Waals surface area contributed by atoms with Gasteiger partial charge < -0.3 is 31.1 Å². The molecule has 3 rings (SSSR count). The second-order valence-electron chi connectivity index (χ2n) is 5.54. The molecule has 0 bridgehead atoms. The summed E-state index contributed by atoms with van der Waals surface area (Å²) >= 11 is 0. The molecule has 3 aliphatic heterocycles. The third kappa shape index (κ3) is 1.67. The summed E-state index contributed by atoms with van der Waals surface area (Å²) in [5, 5.41) is 10.2. The van der Waals surface area contributed by atoms with Gasteiger partial charge in [-0.05, 0) is 19.3 Å². The molecule has 0 saturated carbocycles. The van der Waals surface area contributed by atoms with E-state index in [-0.39, 0.29) is 11.9 Å². The summed E-state index contributed by atoms with van der Waals surface area (Å²) in [5.74, 6) is -0.810. The Hall–Kier alpha value is -1.87. The van der Waals surface area contributed by atoms with E-state index in [1.807, 2.05) is 0 Å². The number of amides is 2. The third-order valence-corrected chi connectivity index (χ3v) is 4.54. The molecular weight excluding hydrogens is 278 g/mol. The molecule has 0 radical (unpaired) electrons. The molecule has 3 aliphatic rings. The van der Waals surface area contributed by atoms with E-state index in [1.165, 1.54) is 16.9 Å². The monoisotopic (exact) mass is 297 g/mol. The van der Waals surface area contributed by atoms with Crippen molar-refractivity contribution in [3.63, 3.8) is 0 Å². The van der Waals surface area contributed by atoms with Crippen molar-refractivity contribution in [1.29, 1.82) is 0 Å². The van der Waals surface area contributed by atoms with Gasteiger partial charge in [0.2, 0.25) is 5.91 Å². The number of aliphatic imine (C=N–C) groups is 1. The molecule has 0 aromatic rings. The third-order valence-electron chi connectivity index (χ3n) is 4.54. The van der Waals surface area contributed by atoms with Gasteiger partial charge >= 0.3 is 0 Å². The number of aliphatic hydroxyl groups excluding tert-OH is 1. The van der Waals surface area contributed by atoms with E-state index >= 15 is 0 Å². The predicted octanol–water partition coefficient (Wildman–Crippen LogP) is -2.47. The number of aliphatic hydroxyl groups is 1. The van der Waals surface area contributed by atoms with Crippen LogP contribution in [0.4, 0.5) is 0 Å². The van der Waals surface area contributed by atoms with Crippen molar-refractivity contribution >= 4 is 17.8 Å². The minimum atomic E-state index is -1.64. The molecule has 0 aromatic carbocycles. The van der Waals surface area contributed by atoms with Gasteiger partial charge in [-0.3, -0.25) is 9.59 Å². The Morgan fingerprint density at radius 2 is 2.10 bits per heavy atom. The summed E-state index contributed by atoms with van der Waals surface area (Å²) in [6, 6.07) is -0.584. The number of fused-ring (bicyclic) bond motifs is 2. The number of hydrogen-bond acceptors (Lipinski definition) is 5. The molecule has 116 valence electrons. The standard InChI is InChI=1S/C12H19N5O4/c1-21-12-7(18)4-5-16(12)9(19)6-2-3-8(15-11(13)14)17(6)10(12)20/h6-8,18H,2-5H2,1H3,(H4,13,14,15). The number of hydrogen-bond donors (Lipinski definition) is 3. The van der Waals surface area contributed by atoms with Crippen LogP contribution in [-0.4, -0.2) is 70.4 Å². The molecule has 3 heterocycles. The van der Waals surface area contributed by atoms with Crippen LogP contribution < -0.4 is 11.5 Å². The molecule has 0 aromatic heterocycles. The molecule has 2 amide bonds. The molecule has 21 heavy (non-hydrogen) atoms. The SMILES string of the molecule is COC12C(=O)N3C(N=C(N)N)CCC3C(=O)N1CCC2O. The number of nitrogens with two attached hydrogens (primary N) is 2. The summed E-state index contributed by atoms with van der Waals surface area (Å²) in [7, 11) is 1.32. The number of ether oxygens (including phenoxy) is 1. The molecular formula is C12H19N5O4. The van der Waals surface area contributed by atoms with Gasteiger partial charge in [0.25, 0.3) is 11.6 Å².